The Morgan fingerprint density at radius 3 is 2.52 bits per heavy atom. The summed E-state index contributed by atoms with van der Waals surface area (Å²) in [6.45, 7) is 3.15. The molecule has 3 aromatic carbocycles. The molecule has 2 N–H and O–H groups in total. The van der Waals surface area contributed by atoms with E-state index in [0.717, 1.165) is 21.3 Å². The minimum absolute atomic E-state index is 0.0906. The molecule has 14 heteroatoms. The standard InChI is InChI=1S/C34H28F3N7O4/c1-17-10-25-31(48-18(2)40-25)22-8-3-4-9-27(45)39-14-21-7-5-6-20-13-38-15-26(28(20)21)44-33(46)42-32(41-30(17)22)43(34(44)47)16-19-11-23(35)29(37)24(36)12-19/h5-7,10-13,15H,3-4,8-9,14,16H2,1-2H3,(H,39,45)(H,41,42,46). The van der Waals surface area contributed by atoms with Crippen molar-refractivity contribution in [1.29, 1.82) is 0 Å². The number of amides is 1. The number of nitrogens with zero attached hydrogens (tertiary/aromatic N) is 5. The number of carbonyl (C=O) groups is 1. The van der Waals surface area contributed by atoms with Gasteiger partial charge < -0.3 is 15.1 Å². The molecule has 48 heavy (non-hydrogen) atoms. The van der Waals surface area contributed by atoms with Gasteiger partial charge in [0.15, 0.2) is 28.9 Å². The van der Waals surface area contributed by atoms with Crippen LogP contribution < -0.4 is 22.0 Å². The van der Waals surface area contributed by atoms with E-state index in [9.17, 15) is 27.6 Å². The number of oxazole rings is 1. The molecular formula is C34H28F3N7O4. The van der Waals surface area contributed by atoms with Crippen molar-refractivity contribution >= 4 is 39.4 Å². The van der Waals surface area contributed by atoms with Gasteiger partial charge in [-0.15, -0.1) is 0 Å². The van der Waals surface area contributed by atoms with Crippen LogP contribution in [0.3, 0.4) is 0 Å². The van der Waals surface area contributed by atoms with Gasteiger partial charge in [-0.05, 0) is 61.1 Å². The van der Waals surface area contributed by atoms with Crippen LogP contribution in [0.5, 0.6) is 0 Å². The smallest absolute Gasteiger partial charge is 0.359 e. The largest absolute Gasteiger partial charge is 0.441 e. The van der Waals surface area contributed by atoms with Crippen molar-refractivity contribution < 1.29 is 22.4 Å². The third kappa shape index (κ3) is 5.48. The van der Waals surface area contributed by atoms with Crippen molar-refractivity contribution in [1.82, 2.24) is 29.4 Å². The van der Waals surface area contributed by atoms with Gasteiger partial charge in [0.25, 0.3) is 0 Å². The number of aromatic nitrogens is 5. The maximum absolute atomic E-state index is 14.4. The van der Waals surface area contributed by atoms with E-state index in [-0.39, 0.29) is 36.1 Å². The fourth-order valence-corrected chi connectivity index (χ4v) is 6.21. The lowest BCUT2D eigenvalue weighted by Gasteiger charge is -2.19. The van der Waals surface area contributed by atoms with Crippen molar-refractivity contribution in [2.24, 2.45) is 0 Å². The highest BCUT2D eigenvalue weighted by molar-refractivity contribution is 5.92. The molecule has 1 amide bonds. The Bertz CT molecular complexity index is 2370. The molecule has 11 nitrogen and oxygen atoms in total. The van der Waals surface area contributed by atoms with Crippen molar-refractivity contribution in [3.63, 3.8) is 0 Å². The van der Waals surface area contributed by atoms with E-state index in [1.54, 1.807) is 37.4 Å². The molecule has 0 atom stereocenters. The number of benzene rings is 3. The molecule has 0 radical (unpaired) electrons. The summed E-state index contributed by atoms with van der Waals surface area (Å²) >= 11 is 0. The highest BCUT2D eigenvalue weighted by atomic mass is 19.2. The molecule has 2 aliphatic rings. The molecule has 6 aromatic rings. The summed E-state index contributed by atoms with van der Waals surface area (Å²) in [5, 5.41) is 7.14. The van der Waals surface area contributed by atoms with Crippen LogP contribution in [0.25, 0.3) is 27.6 Å². The number of carbonyl (C=O) groups excluding carboxylic acids is 1. The minimum atomic E-state index is -1.65. The zero-order valence-corrected chi connectivity index (χ0v) is 25.9. The zero-order chi connectivity index (χ0) is 33.7. The number of aryl methyl sites for hydroxylation is 3. The fourth-order valence-electron chi connectivity index (χ4n) is 6.21. The highest BCUT2D eigenvalue weighted by Gasteiger charge is 2.23. The lowest BCUT2D eigenvalue weighted by molar-refractivity contribution is -0.121. The molecule has 0 aliphatic carbocycles. The lowest BCUT2D eigenvalue weighted by atomic mass is 10.00. The molecule has 2 bridgehead atoms. The van der Waals surface area contributed by atoms with Gasteiger partial charge in [-0.1, -0.05) is 18.2 Å². The normalized spacial score (nSPS) is 13.7. The van der Waals surface area contributed by atoms with Crippen LogP contribution in [-0.2, 0) is 24.3 Å². The van der Waals surface area contributed by atoms with Crippen LogP contribution in [-0.4, -0.2) is 30.0 Å². The number of rotatable bonds is 2. The monoisotopic (exact) mass is 655 g/mol. The van der Waals surface area contributed by atoms with Gasteiger partial charge >= 0.3 is 11.4 Å². The molecule has 0 fully saturated rings. The number of hydrogen-bond donors (Lipinski definition) is 2. The maximum atomic E-state index is 14.4. The third-order valence-corrected chi connectivity index (χ3v) is 8.42. The van der Waals surface area contributed by atoms with E-state index in [0.29, 0.717) is 69.4 Å². The molecular weight excluding hydrogens is 627 g/mol. The fraction of sp³-hybridized carbons (Fsp3) is 0.235. The van der Waals surface area contributed by atoms with E-state index in [4.69, 9.17) is 4.42 Å². The van der Waals surface area contributed by atoms with Crippen molar-refractivity contribution in [3.8, 4) is 5.69 Å². The lowest BCUT2D eigenvalue weighted by Crippen LogP contribution is -2.42. The second-order valence-electron chi connectivity index (χ2n) is 11.7. The van der Waals surface area contributed by atoms with Gasteiger partial charge in [-0.3, -0.25) is 14.3 Å². The first kappa shape index (κ1) is 30.8. The predicted octanol–water partition coefficient (Wildman–Crippen LogP) is 5.25. The van der Waals surface area contributed by atoms with E-state index in [1.807, 2.05) is 6.92 Å². The van der Waals surface area contributed by atoms with Crippen LogP contribution in [0.2, 0.25) is 0 Å². The van der Waals surface area contributed by atoms with Crippen LogP contribution in [0.15, 0.2) is 62.8 Å². The zero-order valence-electron chi connectivity index (χ0n) is 25.9. The quantitative estimate of drug-likeness (QED) is 0.242. The molecule has 8 rings (SSSR count). The van der Waals surface area contributed by atoms with Crippen LogP contribution in [0.1, 0.15) is 47.4 Å². The number of nitrogens with one attached hydrogen (secondary N) is 2. The summed E-state index contributed by atoms with van der Waals surface area (Å²) in [4.78, 5) is 54.2. The molecule has 0 saturated heterocycles. The maximum Gasteiger partial charge on any atom is 0.359 e. The van der Waals surface area contributed by atoms with Crippen molar-refractivity contribution in [3.05, 3.63) is 115 Å². The number of anilines is 2. The molecule has 244 valence electrons. The van der Waals surface area contributed by atoms with Gasteiger partial charge in [0.05, 0.1) is 24.1 Å². The molecule has 2 aliphatic heterocycles. The Kier molecular flexibility index (Phi) is 7.77. The summed E-state index contributed by atoms with van der Waals surface area (Å²) < 4.78 is 50.4. The molecule has 0 saturated carbocycles. The van der Waals surface area contributed by atoms with Crippen molar-refractivity contribution in [2.75, 3.05) is 5.32 Å². The molecule has 0 spiro atoms. The average Bonchev–Trinajstić information content (AvgIpc) is 3.42. The summed E-state index contributed by atoms with van der Waals surface area (Å²) in [6, 6.07) is 8.63. The highest BCUT2D eigenvalue weighted by Crippen LogP contribution is 2.34. The Hall–Kier alpha value is -5.79. The first-order valence-corrected chi connectivity index (χ1v) is 15.3. The SMILES string of the molecule is Cc1nc2cc(C)c3c(c2o1)CCCCC(=O)NCc1cccc2cncc(c12)-n1c(=O)nc(n(Cc2cc(F)c(F)c(F)c2)c1=O)N3. The van der Waals surface area contributed by atoms with E-state index < -0.39 is 35.4 Å². The van der Waals surface area contributed by atoms with Crippen LogP contribution >= 0.6 is 0 Å². The average molecular weight is 656 g/mol. The number of halogens is 3. The van der Waals surface area contributed by atoms with E-state index in [1.165, 1.54) is 6.20 Å². The first-order chi connectivity index (χ1) is 23.1. The number of hydrogen-bond acceptors (Lipinski definition) is 8. The van der Waals surface area contributed by atoms with Gasteiger partial charge in [-0.2, -0.15) is 4.98 Å². The van der Waals surface area contributed by atoms with Gasteiger partial charge in [-0.25, -0.2) is 32.3 Å². The van der Waals surface area contributed by atoms with Gasteiger partial charge in [0.2, 0.25) is 11.9 Å². The molecule has 3 aromatic heterocycles. The second kappa shape index (κ2) is 12.1. The summed E-state index contributed by atoms with van der Waals surface area (Å²) in [5.74, 6) is -4.48. The Morgan fingerprint density at radius 2 is 1.73 bits per heavy atom. The molecule has 0 unspecified atom stereocenters. The van der Waals surface area contributed by atoms with Gasteiger partial charge in [0.1, 0.15) is 5.52 Å². The number of fused-ring (bicyclic) bond motifs is 9. The minimum Gasteiger partial charge on any atom is -0.441 e. The van der Waals surface area contributed by atoms with Crippen LogP contribution in [0.4, 0.5) is 24.8 Å². The van der Waals surface area contributed by atoms with Crippen molar-refractivity contribution in [2.45, 2.75) is 52.6 Å². The summed E-state index contributed by atoms with van der Waals surface area (Å²) in [6.07, 6.45) is 4.74. The van der Waals surface area contributed by atoms with Crippen LogP contribution in [0, 0.1) is 31.3 Å². The topological polar surface area (TPSA) is 137 Å². The summed E-state index contributed by atoms with van der Waals surface area (Å²) in [7, 11) is 0. The summed E-state index contributed by atoms with van der Waals surface area (Å²) in [5.41, 5.74) is 1.70. The third-order valence-electron chi connectivity index (χ3n) is 8.42. The number of pyridine rings is 1. The predicted molar refractivity (Wildman–Crippen MR) is 171 cm³/mol. The Labute approximate surface area is 270 Å². The van der Waals surface area contributed by atoms with E-state index >= 15 is 0 Å². The Balaban J connectivity index is 1.52. The van der Waals surface area contributed by atoms with Gasteiger partial charge in [0, 0.05) is 42.4 Å². The first-order valence-electron chi connectivity index (χ1n) is 15.3. The second-order valence-corrected chi connectivity index (χ2v) is 11.7. The molecule has 5 heterocycles. The Morgan fingerprint density at radius 1 is 0.958 bits per heavy atom. The van der Waals surface area contributed by atoms with E-state index in [2.05, 4.69) is 25.6 Å².